The number of fused-ring (bicyclic) bond motifs is 3. The molecular weight excluding hydrogens is 1510 g/mol. The van der Waals surface area contributed by atoms with Crippen LogP contribution in [0.3, 0.4) is 0 Å². The van der Waals surface area contributed by atoms with E-state index in [0.717, 1.165) is 26.9 Å². The molecule has 26 nitrogen and oxygen atoms in total. The second kappa shape index (κ2) is 39.5. The van der Waals surface area contributed by atoms with Crippen LogP contribution in [0.5, 0.6) is 0 Å². The number of hydrogen-bond acceptors (Lipinski definition) is 15. The molecule has 9 fully saturated rings. The number of rotatable bonds is 13. The van der Waals surface area contributed by atoms with E-state index in [-0.39, 0.29) is 122 Å². The minimum absolute atomic E-state index is 0.00945. The Morgan fingerprint density at radius 2 is 1.25 bits per heavy atom. The molecular formula is C78H120F8N12O14S. The van der Waals surface area contributed by atoms with E-state index in [2.05, 4.69) is 16.0 Å². The summed E-state index contributed by atoms with van der Waals surface area (Å²) in [5.41, 5.74) is -1.70. The highest BCUT2D eigenvalue weighted by Gasteiger charge is 2.57. The van der Waals surface area contributed by atoms with Gasteiger partial charge in [-0.05, 0) is 158 Å². The highest BCUT2D eigenvalue weighted by Crippen LogP contribution is 2.46. The van der Waals surface area contributed by atoms with Gasteiger partial charge in [-0.1, -0.05) is 46.0 Å². The lowest BCUT2D eigenvalue weighted by Gasteiger charge is -2.47. The molecule has 4 saturated carbocycles. The van der Waals surface area contributed by atoms with E-state index in [9.17, 15) is 35.9 Å². The minimum Gasteiger partial charge on any atom is -0.378 e. The van der Waals surface area contributed by atoms with Gasteiger partial charge in [-0.3, -0.25) is 57.5 Å². The summed E-state index contributed by atoms with van der Waals surface area (Å²) in [5, 5.41) is 8.43. The number of hydrogen-bond donors (Lipinski definition) is 3. The third-order valence-corrected chi connectivity index (χ3v) is 27.3. The molecule has 35 heteroatoms. The summed E-state index contributed by atoms with van der Waals surface area (Å²) in [6.07, 6.45) is -13.6. The van der Waals surface area contributed by atoms with Crippen molar-refractivity contribution < 1.29 is 102 Å². The van der Waals surface area contributed by atoms with Crippen LogP contribution in [-0.4, -0.2) is 312 Å². The summed E-state index contributed by atoms with van der Waals surface area (Å²) < 4.78 is 127. The Morgan fingerprint density at radius 1 is 0.602 bits per heavy atom. The smallest absolute Gasteiger partial charge is 0.378 e. The van der Waals surface area contributed by atoms with Crippen molar-refractivity contribution in [2.45, 2.75) is 278 Å². The molecule has 0 aromatic carbocycles. The van der Waals surface area contributed by atoms with E-state index < -0.39 is 230 Å². The summed E-state index contributed by atoms with van der Waals surface area (Å²) >= 11 is 1.62. The fourth-order valence-electron chi connectivity index (χ4n) is 18.6. The lowest BCUT2D eigenvalue weighted by molar-refractivity contribution is -0.219. The second-order valence-corrected chi connectivity index (χ2v) is 34.9. The molecule has 9 aliphatic rings. The molecule has 13 atom stereocenters. The van der Waals surface area contributed by atoms with E-state index in [1.807, 2.05) is 0 Å². The fraction of sp³-hybridized carbons (Fsp3) is 0.846. The maximum atomic E-state index is 15.8. The molecule has 2 bridgehead atoms. The first kappa shape index (κ1) is 90.3. The molecule has 9 rings (SSSR count). The van der Waals surface area contributed by atoms with Crippen molar-refractivity contribution in [3.63, 3.8) is 0 Å². The molecule has 113 heavy (non-hydrogen) atoms. The molecule has 4 aliphatic carbocycles. The zero-order chi connectivity index (χ0) is 82.7. The van der Waals surface area contributed by atoms with E-state index in [1.54, 1.807) is 32.5 Å². The van der Waals surface area contributed by atoms with Crippen LogP contribution in [0.15, 0.2) is 0 Å². The summed E-state index contributed by atoms with van der Waals surface area (Å²) in [6.45, 7) is 3.96. The van der Waals surface area contributed by atoms with Gasteiger partial charge in [-0.2, -0.15) is 38.1 Å². The van der Waals surface area contributed by atoms with Gasteiger partial charge in [0.2, 0.25) is 70.9 Å². The van der Waals surface area contributed by atoms with E-state index in [4.69, 9.17) is 9.47 Å². The van der Waals surface area contributed by atoms with Crippen molar-refractivity contribution in [1.82, 2.24) is 60.0 Å². The van der Waals surface area contributed by atoms with Gasteiger partial charge >= 0.3 is 12.4 Å². The molecule has 3 unspecified atom stereocenters. The van der Waals surface area contributed by atoms with Crippen LogP contribution in [0.1, 0.15) is 188 Å². The van der Waals surface area contributed by atoms with Crippen molar-refractivity contribution in [2.75, 3.05) is 107 Å². The molecule has 5 aliphatic heterocycles. The Bertz CT molecular complexity index is 3340. The topological polar surface area (TPSA) is 289 Å². The summed E-state index contributed by atoms with van der Waals surface area (Å²) in [6, 6.07) is -11.2. The molecule has 12 amide bonds. The number of morpholine rings is 1. The second-order valence-electron chi connectivity index (χ2n) is 33.5. The Hall–Kier alpha value is -6.65. The zero-order valence-corrected chi connectivity index (χ0v) is 67.8. The summed E-state index contributed by atoms with van der Waals surface area (Å²) in [5.74, 6) is -15.6. The van der Waals surface area contributed by atoms with Crippen molar-refractivity contribution in [2.24, 2.45) is 35.5 Å². The van der Waals surface area contributed by atoms with Crippen LogP contribution in [0.4, 0.5) is 35.1 Å². The van der Waals surface area contributed by atoms with Crippen LogP contribution in [0, 0.1) is 35.5 Å². The minimum atomic E-state index is -5.22. The van der Waals surface area contributed by atoms with E-state index >= 15 is 56.7 Å². The van der Waals surface area contributed by atoms with Crippen molar-refractivity contribution >= 4 is 82.6 Å². The Labute approximate surface area is 662 Å². The van der Waals surface area contributed by atoms with Crippen molar-refractivity contribution in [3.05, 3.63) is 0 Å². The third-order valence-electron chi connectivity index (χ3n) is 25.9. The monoisotopic (exact) mass is 1630 g/mol. The Morgan fingerprint density at radius 3 is 1.84 bits per heavy atom. The number of likely N-dealkylation sites (N-methyl/N-ethyl adjacent to an activating group) is 6. The third kappa shape index (κ3) is 22.0. The highest BCUT2D eigenvalue weighted by atomic mass is 32.2. The van der Waals surface area contributed by atoms with E-state index in [1.165, 1.54) is 71.7 Å². The van der Waals surface area contributed by atoms with E-state index in [0.29, 0.717) is 64.2 Å². The van der Waals surface area contributed by atoms with Crippen LogP contribution in [0.25, 0.3) is 0 Å². The quantitative estimate of drug-likeness (QED) is 0.164. The summed E-state index contributed by atoms with van der Waals surface area (Å²) in [7, 11) is 8.21. The number of nitrogens with zero attached hydrogens (tertiary/aromatic N) is 9. The molecule has 5 saturated heterocycles. The predicted molar refractivity (Wildman–Crippen MR) is 401 cm³/mol. The maximum absolute atomic E-state index is 15.8. The van der Waals surface area contributed by atoms with Gasteiger partial charge in [-0.15, -0.1) is 0 Å². The number of carbonyl (C=O) groups excluding carboxylic acids is 12. The largest absolute Gasteiger partial charge is 0.397 e. The standard InChI is InChI=1S/C78H120F8N12O14S/c1-10-46(3)65-73(108)91(5)45-63(101)92(6)56-22-13-12-16-31-97(72(56)107)60(39-47-23-26-50(27-24-47)77(81,82)83)70(105)90(4)44-61(99)87-55(28-25-48-37-53(79)64(54(80)38-48)78(84,85)86)69(104)98-43-51(112-11-2)40-58(98)68(103)89-76(29-18-30-76)75(110)95(9)66(49-19-14-15-20-49)74(109)94(8)59(71(106)96-32-34-111-35-33-96)42-62(100)93(7)57(67(102)88-65)41-52-21-17-36-113-52/h46-60,64-66H,10-45H2,1-9H3,(H,87,99)(H,88,102)(H,89,103)/t46-,47?,48?,50?,51+,52?,53?,54?,55-,56-,57-,58-,59-,60-,64?,65-,66-/m0/s1. The van der Waals surface area contributed by atoms with Gasteiger partial charge in [0, 0.05) is 86.7 Å². The number of ether oxygens (including phenoxy) is 2. The van der Waals surface area contributed by atoms with Crippen LogP contribution >= 0.6 is 11.8 Å². The molecule has 0 radical (unpaired) electrons. The van der Waals surface area contributed by atoms with Gasteiger partial charge in [0.25, 0.3) is 0 Å². The molecule has 0 aromatic heterocycles. The lowest BCUT2D eigenvalue weighted by Crippen LogP contribution is -2.68. The number of halogens is 8. The summed E-state index contributed by atoms with van der Waals surface area (Å²) in [4.78, 5) is 195. The maximum Gasteiger partial charge on any atom is 0.397 e. The number of thioether (sulfide) groups is 1. The number of alkyl halides is 8. The van der Waals surface area contributed by atoms with Crippen molar-refractivity contribution in [1.29, 1.82) is 0 Å². The molecule has 5 heterocycles. The molecule has 638 valence electrons. The van der Waals surface area contributed by atoms with Gasteiger partial charge in [0.05, 0.1) is 44.7 Å². The molecule has 0 aromatic rings. The number of carbonyl (C=O) groups is 12. The zero-order valence-electron chi connectivity index (χ0n) is 67.0. The van der Waals surface area contributed by atoms with Crippen molar-refractivity contribution in [3.8, 4) is 0 Å². The lowest BCUT2D eigenvalue weighted by atomic mass is 9.74. The van der Waals surface area contributed by atoms with Crippen LogP contribution in [0.2, 0.25) is 0 Å². The first-order chi connectivity index (χ1) is 53.4. The van der Waals surface area contributed by atoms with Gasteiger partial charge in [0.15, 0.2) is 0 Å². The molecule has 3 N–H and O–H groups in total. The first-order valence-electron chi connectivity index (χ1n) is 41.0. The van der Waals surface area contributed by atoms with Gasteiger partial charge in [-0.25, -0.2) is 8.78 Å². The van der Waals surface area contributed by atoms with Crippen LogP contribution in [-0.2, 0) is 67.0 Å². The Kier molecular flexibility index (Phi) is 31.6. The average molecular weight is 1630 g/mol. The number of amides is 12. The van der Waals surface area contributed by atoms with Gasteiger partial charge in [0.1, 0.15) is 72.1 Å². The van der Waals surface area contributed by atoms with Crippen LogP contribution < -0.4 is 16.0 Å². The molecule has 1 spiro atoms. The average Bonchev–Trinajstić information content (AvgIpc) is 1.71. The first-order valence-corrected chi connectivity index (χ1v) is 42.0. The van der Waals surface area contributed by atoms with Gasteiger partial charge < -0.3 is 69.5 Å². The Balaban J connectivity index is 1.11. The number of nitrogens with one attached hydrogen (secondary N) is 3. The normalized spacial score (nSPS) is 33.1. The highest BCUT2D eigenvalue weighted by molar-refractivity contribution is 8.00. The fourth-order valence-corrected chi connectivity index (χ4v) is 20.0. The SMILES string of the molecule is CCO[C@@H]1C[C@H]2C(=O)NC3(CCC3)C(=O)N(C)[C@@H](C3CCCC3)C(=O)N(C)[C@H](C(=O)N3CCOCC3)CC(=O)N(C)[C@@H](CC3CCCS3)C(=O)N[C@@H]([C@@H](C)CC)C(=O)N(C)CC(=O)N(C)[C@H]3CCCCCN(C3=O)[C@@H](CC3CCC(C(F)(F)F)CC3)C(=O)N(C)CC(=O)N[C@@H](CCC3CC(F)C(C(F)(F)F)C(F)C3)C(=O)N2C1. The predicted octanol–water partition coefficient (Wildman–Crippen LogP) is 6.59.